The fourth-order valence-corrected chi connectivity index (χ4v) is 4.85. The van der Waals surface area contributed by atoms with E-state index in [9.17, 15) is 33.0 Å². The Hall–Kier alpha value is -3.86. The Bertz CT molecular complexity index is 1520. The first kappa shape index (κ1) is 22.9. The first-order valence-electron chi connectivity index (χ1n) is 10.2. The molecule has 2 aromatic carbocycles. The second-order valence-electron chi connectivity index (χ2n) is 8.01. The Morgan fingerprint density at radius 3 is 2.69 bits per heavy atom. The fraction of sp³-hybridized carbons (Fsp3) is 0.217. The van der Waals surface area contributed by atoms with E-state index in [4.69, 9.17) is 20.8 Å². The number of nitrogens with one attached hydrogen (secondary N) is 1. The van der Waals surface area contributed by atoms with Gasteiger partial charge in [0.1, 0.15) is 11.4 Å². The summed E-state index contributed by atoms with van der Waals surface area (Å²) in [6.07, 6.45) is -5.02. The molecule has 12 heteroatoms. The number of aromatic hydroxyl groups is 1. The second kappa shape index (κ2) is 7.84. The van der Waals surface area contributed by atoms with Crippen LogP contribution in [0.2, 0.25) is 0 Å². The number of carbonyl (C=O) groups is 2. The highest BCUT2D eigenvalue weighted by Gasteiger charge is 2.43. The number of fused-ring (bicyclic) bond motifs is 4. The molecule has 0 bridgehead atoms. The quantitative estimate of drug-likeness (QED) is 0.321. The van der Waals surface area contributed by atoms with E-state index >= 15 is 0 Å². The molecule has 0 saturated heterocycles. The molecule has 0 aliphatic carbocycles. The van der Waals surface area contributed by atoms with Gasteiger partial charge in [0.2, 0.25) is 0 Å². The van der Waals surface area contributed by atoms with E-state index in [-0.39, 0.29) is 34.8 Å². The molecule has 8 nitrogen and oxygen atoms in total. The number of aromatic amines is 1. The molecule has 0 saturated carbocycles. The van der Waals surface area contributed by atoms with Crippen molar-refractivity contribution in [1.29, 1.82) is 0 Å². The summed E-state index contributed by atoms with van der Waals surface area (Å²) in [5.41, 5.74) is -2.44. The lowest BCUT2D eigenvalue weighted by atomic mass is 9.95. The van der Waals surface area contributed by atoms with Crippen LogP contribution < -0.4 is 9.64 Å². The van der Waals surface area contributed by atoms with Crippen molar-refractivity contribution < 1.29 is 42.1 Å². The number of anilines is 1. The molecule has 0 unspecified atom stereocenters. The molecule has 0 spiro atoms. The van der Waals surface area contributed by atoms with Gasteiger partial charge < -0.3 is 29.3 Å². The molecule has 182 valence electrons. The van der Waals surface area contributed by atoms with E-state index in [1.807, 2.05) is 4.98 Å². The smallest absolute Gasteiger partial charge is 0.432 e. The summed E-state index contributed by atoms with van der Waals surface area (Å²) >= 11 is 6.10. The maximum atomic E-state index is 13.6. The van der Waals surface area contributed by atoms with Crippen LogP contribution in [-0.4, -0.2) is 46.6 Å². The van der Waals surface area contributed by atoms with E-state index in [2.05, 4.69) is 0 Å². The number of phenolic OH excluding ortho intramolecular Hbond substituents is 1. The second-order valence-corrected chi connectivity index (χ2v) is 8.32. The van der Waals surface area contributed by atoms with Gasteiger partial charge in [0, 0.05) is 35.2 Å². The van der Waals surface area contributed by atoms with Crippen molar-refractivity contribution in [2.45, 2.75) is 12.1 Å². The number of rotatable bonds is 4. The third-order valence-corrected chi connectivity index (χ3v) is 6.42. The maximum absolute atomic E-state index is 13.6. The number of alkyl halides is 4. The van der Waals surface area contributed by atoms with Crippen LogP contribution in [0.4, 0.5) is 18.9 Å². The van der Waals surface area contributed by atoms with Crippen molar-refractivity contribution in [3.05, 3.63) is 52.9 Å². The first-order chi connectivity index (χ1) is 16.6. The molecule has 4 aromatic rings. The van der Waals surface area contributed by atoms with Gasteiger partial charge in [0.15, 0.2) is 17.1 Å². The lowest BCUT2D eigenvalue weighted by molar-refractivity contribution is -0.141. The van der Waals surface area contributed by atoms with Gasteiger partial charge in [-0.3, -0.25) is 4.79 Å². The molecule has 3 N–H and O–H groups in total. The molecule has 5 rings (SSSR count). The number of benzene rings is 2. The summed E-state index contributed by atoms with van der Waals surface area (Å²) < 4.78 is 51.8. The van der Waals surface area contributed by atoms with Gasteiger partial charge in [-0.2, -0.15) is 13.2 Å². The summed E-state index contributed by atoms with van der Waals surface area (Å²) in [5, 5.41) is 20.4. The van der Waals surface area contributed by atoms with E-state index in [0.29, 0.717) is 16.7 Å². The molecule has 1 atom stereocenters. The van der Waals surface area contributed by atoms with Gasteiger partial charge in [0.05, 0.1) is 23.9 Å². The third-order valence-electron chi connectivity index (χ3n) is 6.04. The number of halogens is 4. The molecule has 3 heterocycles. The van der Waals surface area contributed by atoms with Crippen LogP contribution in [0, 0.1) is 0 Å². The topological polar surface area (TPSA) is 116 Å². The maximum Gasteiger partial charge on any atom is 0.432 e. The SMILES string of the molecule is COc1cccc2cc(C(=O)N3C[C@@H](CCl)c4c3cc(O)c3[nH]c(C(F)(F)F)c(C(=O)O)c43)oc12. The number of hydrogen-bond acceptors (Lipinski definition) is 5. The number of methoxy groups -OCH3 is 1. The Morgan fingerprint density at radius 1 is 1.31 bits per heavy atom. The summed E-state index contributed by atoms with van der Waals surface area (Å²) in [6.45, 7) is -0.0595. The third kappa shape index (κ3) is 3.37. The summed E-state index contributed by atoms with van der Waals surface area (Å²) in [7, 11) is 1.45. The van der Waals surface area contributed by atoms with Gasteiger partial charge >= 0.3 is 12.1 Å². The normalized spacial score (nSPS) is 15.7. The molecule has 0 radical (unpaired) electrons. The zero-order valence-corrected chi connectivity index (χ0v) is 18.6. The zero-order valence-electron chi connectivity index (χ0n) is 17.9. The highest BCUT2D eigenvalue weighted by Crippen LogP contribution is 2.49. The number of aromatic carboxylic acids is 1. The summed E-state index contributed by atoms with van der Waals surface area (Å²) in [5.74, 6) is -3.61. The van der Waals surface area contributed by atoms with E-state index in [1.165, 1.54) is 18.1 Å². The molecule has 2 aromatic heterocycles. The highest BCUT2D eigenvalue weighted by molar-refractivity contribution is 6.20. The van der Waals surface area contributed by atoms with Crippen molar-refractivity contribution >= 4 is 51.0 Å². The van der Waals surface area contributed by atoms with Crippen LogP contribution in [0.5, 0.6) is 11.5 Å². The summed E-state index contributed by atoms with van der Waals surface area (Å²) in [4.78, 5) is 28.5. The number of phenols is 1. The largest absolute Gasteiger partial charge is 0.506 e. The number of ether oxygens (including phenoxy) is 1. The van der Waals surface area contributed by atoms with Crippen molar-refractivity contribution in [3.8, 4) is 11.5 Å². The Kier molecular flexibility index (Phi) is 5.13. The van der Waals surface area contributed by atoms with Crippen LogP contribution in [-0.2, 0) is 6.18 Å². The van der Waals surface area contributed by atoms with Gasteiger partial charge in [-0.25, -0.2) is 4.79 Å². The van der Waals surface area contributed by atoms with E-state index < -0.39 is 46.5 Å². The van der Waals surface area contributed by atoms with Gasteiger partial charge in [-0.05, 0) is 17.7 Å². The van der Waals surface area contributed by atoms with Crippen LogP contribution in [0.1, 0.15) is 38.1 Å². The number of aromatic nitrogens is 1. The molecule has 1 amide bonds. The van der Waals surface area contributed by atoms with Crippen molar-refractivity contribution in [2.24, 2.45) is 0 Å². The van der Waals surface area contributed by atoms with Gasteiger partial charge in [0.25, 0.3) is 5.91 Å². The number of H-pyrrole nitrogens is 1. The molecular formula is C23H16ClF3N2O6. The van der Waals surface area contributed by atoms with Crippen LogP contribution in [0.25, 0.3) is 21.9 Å². The zero-order chi connectivity index (χ0) is 25.2. The molecule has 35 heavy (non-hydrogen) atoms. The highest BCUT2D eigenvalue weighted by atomic mass is 35.5. The average Bonchev–Trinajstić information content (AvgIpc) is 3.50. The number of para-hydroxylation sites is 1. The number of amides is 1. The Balaban J connectivity index is 1.72. The lowest BCUT2D eigenvalue weighted by Gasteiger charge is -2.16. The first-order valence-corrected chi connectivity index (χ1v) is 10.8. The van der Waals surface area contributed by atoms with Crippen molar-refractivity contribution in [3.63, 3.8) is 0 Å². The van der Waals surface area contributed by atoms with Crippen molar-refractivity contribution in [2.75, 3.05) is 24.4 Å². The Labute approximate surface area is 199 Å². The Morgan fingerprint density at radius 2 is 2.06 bits per heavy atom. The number of nitrogens with zero attached hydrogens (tertiary/aromatic N) is 1. The minimum absolute atomic E-state index is 0.0493. The number of carboxylic acid groups (broad SMARTS) is 1. The lowest BCUT2D eigenvalue weighted by Crippen LogP contribution is -2.29. The fourth-order valence-electron chi connectivity index (χ4n) is 4.60. The standard InChI is InChI=1S/C23H16ClF3N2O6/c1-34-13-4-2-3-9-5-14(35-19(9)13)21(31)29-8-10(7-24)15-11(29)6-12(30)18-16(15)17(22(32)33)20(28-18)23(25,26)27/h2-6,10,28,30H,7-8H2,1H3,(H,32,33)/t10-/m1/s1. The summed E-state index contributed by atoms with van der Waals surface area (Å²) in [6, 6.07) is 7.69. The molecule has 1 aliphatic rings. The van der Waals surface area contributed by atoms with E-state index in [0.717, 1.165) is 6.07 Å². The van der Waals surface area contributed by atoms with Crippen molar-refractivity contribution in [1.82, 2.24) is 4.98 Å². The number of hydrogen-bond donors (Lipinski definition) is 3. The molecule has 0 fully saturated rings. The number of carbonyl (C=O) groups excluding carboxylic acids is 1. The van der Waals surface area contributed by atoms with Crippen LogP contribution in [0.15, 0.2) is 34.7 Å². The predicted molar refractivity (Wildman–Crippen MR) is 120 cm³/mol. The number of carboxylic acids is 1. The predicted octanol–water partition coefficient (Wildman–Crippen LogP) is 5.33. The average molecular weight is 509 g/mol. The minimum atomic E-state index is -5.02. The minimum Gasteiger partial charge on any atom is -0.506 e. The molecule has 1 aliphatic heterocycles. The number of furan rings is 1. The van der Waals surface area contributed by atoms with Crippen LogP contribution >= 0.6 is 11.6 Å². The molecular weight excluding hydrogens is 493 g/mol. The van der Waals surface area contributed by atoms with Gasteiger partial charge in [-0.15, -0.1) is 11.6 Å². The van der Waals surface area contributed by atoms with E-state index in [1.54, 1.807) is 18.2 Å². The van der Waals surface area contributed by atoms with Gasteiger partial charge in [-0.1, -0.05) is 12.1 Å². The van der Waals surface area contributed by atoms with Crippen LogP contribution in [0.3, 0.4) is 0 Å². The monoisotopic (exact) mass is 508 g/mol.